The van der Waals surface area contributed by atoms with Crippen molar-refractivity contribution in [3.63, 3.8) is 0 Å². The lowest BCUT2D eigenvalue weighted by Gasteiger charge is -2.02. The third-order valence-electron chi connectivity index (χ3n) is 3.12. The number of hydrogen-bond donors (Lipinski definition) is 1. The van der Waals surface area contributed by atoms with Crippen molar-refractivity contribution in [3.8, 4) is 10.4 Å². The van der Waals surface area contributed by atoms with Crippen LogP contribution >= 0.6 is 11.3 Å². The SMILES string of the molecule is NC(=O)c1nc(C(=O)c2ccccc2)c(-c2ccccc2)s1. The minimum atomic E-state index is -0.630. The van der Waals surface area contributed by atoms with Gasteiger partial charge in [-0.25, -0.2) is 4.98 Å². The molecule has 0 aliphatic rings. The second kappa shape index (κ2) is 5.91. The average Bonchev–Trinajstić information content (AvgIpc) is 3.01. The highest BCUT2D eigenvalue weighted by Gasteiger charge is 2.22. The number of carbonyl (C=O) groups is 2. The molecule has 0 bridgehead atoms. The third-order valence-corrected chi connectivity index (χ3v) is 4.24. The normalized spacial score (nSPS) is 10.4. The van der Waals surface area contributed by atoms with E-state index < -0.39 is 5.91 Å². The molecular weight excluding hydrogens is 296 g/mol. The second-order valence-corrected chi connectivity index (χ2v) is 5.62. The van der Waals surface area contributed by atoms with E-state index in [2.05, 4.69) is 4.98 Å². The van der Waals surface area contributed by atoms with E-state index in [1.165, 1.54) is 0 Å². The molecule has 3 aromatic rings. The van der Waals surface area contributed by atoms with Crippen LogP contribution in [0.1, 0.15) is 25.9 Å². The van der Waals surface area contributed by atoms with Crippen LogP contribution in [0, 0.1) is 0 Å². The van der Waals surface area contributed by atoms with Crippen LogP contribution in [0.25, 0.3) is 10.4 Å². The van der Waals surface area contributed by atoms with Crippen molar-refractivity contribution in [2.75, 3.05) is 0 Å². The first-order chi connectivity index (χ1) is 10.7. The average molecular weight is 308 g/mol. The molecule has 0 saturated carbocycles. The van der Waals surface area contributed by atoms with Crippen LogP contribution in [0.2, 0.25) is 0 Å². The molecule has 2 aromatic carbocycles. The summed E-state index contributed by atoms with van der Waals surface area (Å²) in [6.07, 6.45) is 0. The summed E-state index contributed by atoms with van der Waals surface area (Å²) in [4.78, 5) is 28.9. The van der Waals surface area contributed by atoms with Crippen molar-refractivity contribution in [2.24, 2.45) is 5.73 Å². The lowest BCUT2D eigenvalue weighted by atomic mass is 10.0. The Morgan fingerprint density at radius 3 is 2.09 bits per heavy atom. The molecule has 0 aliphatic carbocycles. The molecule has 0 saturated heterocycles. The summed E-state index contributed by atoms with van der Waals surface area (Å²) in [6.45, 7) is 0. The fourth-order valence-electron chi connectivity index (χ4n) is 2.09. The van der Waals surface area contributed by atoms with Crippen LogP contribution in [-0.4, -0.2) is 16.7 Å². The van der Waals surface area contributed by atoms with E-state index >= 15 is 0 Å². The van der Waals surface area contributed by atoms with Crippen molar-refractivity contribution in [2.45, 2.75) is 0 Å². The van der Waals surface area contributed by atoms with E-state index in [0.717, 1.165) is 16.9 Å². The Bertz CT molecular complexity index is 826. The molecule has 4 nitrogen and oxygen atoms in total. The molecule has 0 spiro atoms. The van der Waals surface area contributed by atoms with Crippen molar-refractivity contribution < 1.29 is 9.59 Å². The first-order valence-corrected chi connectivity index (χ1v) is 7.44. The van der Waals surface area contributed by atoms with Crippen LogP contribution < -0.4 is 5.73 Å². The number of hydrogen-bond acceptors (Lipinski definition) is 4. The van der Waals surface area contributed by atoms with Gasteiger partial charge in [0.1, 0.15) is 5.69 Å². The van der Waals surface area contributed by atoms with Crippen LogP contribution in [0.3, 0.4) is 0 Å². The fourth-order valence-corrected chi connectivity index (χ4v) is 3.01. The summed E-state index contributed by atoms with van der Waals surface area (Å²) in [5, 5.41) is 0.137. The summed E-state index contributed by atoms with van der Waals surface area (Å²) < 4.78 is 0. The van der Waals surface area contributed by atoms with E-state index in [0.29, 0.717) is 10.4 Å². The zero-order valence-corrected chi connectivity index (χ0v) is 12.3. The minimum absolute atomic E-state index is 0.137. The molecule has 1 aromatic heterocycles. The van der Waals surface area contributed by atoms with Crippen LogP contribution in [0.5, 0.6) is 0 Å². The van der Waals surface area contributed by atoms with E-state index in [-0.39, 0.29) is 16.5 Å². The number of nitrogens with zero attached hydrogens (tertiary/aromatic N) is 1. The van der Waals surface area contributed by atoms with E-state index in [1.54, 1.807) is 24.3 Å². The molecule has 108 valence electrons. The van der Waals surface area contributed by atoms with Gasteiger partial charge in [-0.05, 0) is 5.56 Å². The van der Waals surface area contributed by atoms with Gasteiger partial charge in [-0.15, -0.1) is 11.3 Å². The Hall–Kier alpha value is -2.79. The highest BCUT2D eigenvalue weighted by Crippen LogP contribution is 2.31. The van der Waals surface area contributed by atoms with Gasteiger partial charge in [0, 0.05) is 5.56 Å². The second-order valence-electron chi connectivity index (χ2n) is 4.62. The summed E-state index contributed by atoms with van der Waals surface area (Å²) in [5.41, 5.74) is 6.94. The molecular formula is C17H12N2O2S. The number of amides is 1. The summed E-state index contributed by atoms with van der Waals surface area (Å²) in [5.74, 6) is -0.850. The van der Waals surface area contributed by atoms with Gasteiger partial charge in [0.15, 0.2) is 5.01 Å². The Morgan fingerprint density at radius 2 is 1.50 bits per heavy atom. The Balaban J connectivity index is 2.14. The van der Waals surface area contributed by atoms with Crippen molar-refractivity contribution in [1.29, 1.82) is 0 Å². The maximum Gasteiger partial charge on any atom is 0.277 e. The first kappa shape index (κ1) is 14.2. The lowest BCUT2D eigenvalue weighted by Crippen LogP contribution is -2.11. The fraction of sp³-hybridized carbons (Fsp3) is 0. The Labute approximate surface area is 131 Å². The molecule has 1 amide bonds. The number of thiazole rings is 1. The molecule has 1 heterocycles. The minimum Gasteiger partial charge on any atom is -0.364 e. The molecule has 5 heteroatoms. The van der Waals surface area contributed by atoms with Crippen LogP contribution in [0.15, 0.2) is 60.7 Å². The third kappa shape index (κ3) is 2.66. The summed E-state index contributed by atoms with van der Waals surface area (Å²) in [7, 11) is 0. The van der Waals surface area contributed by atoms with Gasteiger partial charge in [0.2, 0.25) is 5.78 Å². The molecule has 0 atom stereocenters. The number of benzene rings is 2. The standard InChI is InChI=1S/C17H12N2O2S/c18-16(21)17-19-13(14(20)11-7-3-1-4-8-11)15(22-17)12-9-5-2-6-10-12/h1-10H,(H2,18,21). The molecule has 2 N–H and O–H groups in total. The van der Waals surface area contributed by atoms with Gasteiger partial charge in [0.05, 0.1) is 4.88 Å². The van der Waals surface area contributed by atoms with E-state index in [4.69, 9.17) is 5.73 Å². The molecule has 0 unspecified atom stereocenters. The number of carbonyl (C=O) groups excluding carboxylic acids is 2. The topological polar surface area (TPSA) is 73.1 Å². The van der Waals surface area contributed by atoms with Gasteiger partial charge in [-0.3, -0.25) is 9.59 Å². The van der Waals surface area contributed by atoms with Crippen molar-refractivity contribution in [3.05, 3.63) is 76.9 Å². The molecule has 22 heavy (non-hydrogen) atoms. The van der Waals surface area contributed by atoms with Crippen LogP contribution in [0.4, 0.5) is 0 Å². The predicted octanol–water partition coefficient (Wildman–Crippen LogP) is 3.14. The quantitative estimate of drug-likeness (QED) is 0.752. The monoisotopic (exact) mass is 308 g/mol. The molecule has 0 radical (unpaired) electrons. The molecule has 0 fully saturated rings. The molecule has 3 rings (SSSR count). The highest BCUT2D eigenvalue weighted by molar-refractivity contribution is 7.17. The Morgan fingerprint density at radius 1 is 0.909 bits per heavy atom. The largest absolute Gasteiger partial charge is 0.364 e. The van der Waals surface area contributed by atoms with Gasteiger partial charge in [-0.2, -0.15) is 0 Å². The maximum absolute atomic E-state index is 12.7. The van der Waals surface area contributed by atoms with Gasteiger partial charge in [0.25, 0.3) is 5.91 Å². The summed E-state index contributed by atoms with van der Waals surface area (Å²) >= 11 is 1.14. The Kier molecular flexibility index (Phi) is 3.80. The zero-order chi connectivity index (χ0) is 15.5. The lowest BCUT2D eigenvalue weighted by molar-refractivity contribution is 0.1000. The summed E-state index contributed by atoms with van der Waals surface area (Å²) in [6, 6.07) is 18.2. The smallest absolute Gasteiger partial charge is 0.277 e. The number of nitrogens with two attached hydrogens (primary N) is 1. The molecule has 0 aliphatic heterocycles. The number of ketones is 1. The maximum atomic E-state index is 12.7. The zero-order valence-electron chi connectivity index (χ0n) is 11.5. The number of aromatic nitrogens is 1. The predicted molar refractivity (Wildman–Crippen MR) is 85.9 cm³/mol. The van der Waals surface area contributed by atoms with Gasteiger partial charge in [-0.1, -0.05) is 60.7 Å². The highest BCUT2D eigenvalue weighted by atomic mass is 32.1. The van der Waals surface area contributed by atoms with Gasteiger partial charge < -0.3 is 5.73 Å². The van der Waals surface area contributed by atoms with E-state index in [9.17, 15) is 9.59 Å². The number of primary amides is 1. The van der Waals surface area contributed by atoms with Crippen LogP contribution in [-0.2, 0) is 0 Å². The first-order valence-electron chi connectivity index (χ1n) is 6.62. The van der Waals surface area contributed by atoms with Gasteiger partial charge >= 0.3 is 0 Å². The van der Waals surface area contributed by atoms with Crippen molar-refractivity contribution >= 4 is 23.0 Å². The van der Waals surface area contributed by atoms with Crippen molar-refractivity contribution in [1.82, 2.24) is 4.98 Å². The number of rotatable bonds is 4. The van der Waals surface area contributed by atoms with E-state index in [1.807, 2.05) is 36.4 Å².